The number of thiazole rings is 1. The van der Waals surface area contributed by atoms with E-state index in [1.165, 1.54) is 12.1 Å². The van der Waals surface area contributed by atoms with Crippen LogP contribution in [0.25, 0.3) is 0 Å². The molecule has 0 spiro atoms. The number of amides is 1. The Kier molecular flexibility index (Phi) is 5.64. The predicted octanol–water partition coefficient (Wildman–Crippen LogP) is 3.97. The Bertz CT molecular complexity index is 924. The molecule has 2 heterocycles. The Labute approximate surface area is 167 Å². The van der Waals surface area contributed by atoms with Crippen molar-refractivity contribution in [3.05, 3.63) is 77.1 Å². The predicted molar refractivity (Wildman–Crippen MR) is 109 cm³/mol. The van der Waals surface area contributed by atoms with Crippen LogP contribution in [-0.4, -0.2) is 37.2 Å². The van der Waals surface area contributed by atoms with Gasteiger partial charge in [-0.05, 0) is 36.4 Å². The first-order valence-corrected chi connectivity index (χ1v) is 9.98. The molecule has 0 atom stereocenters. The highest BCUT2D eigenvalue weighted by atomic mass is 32.1. The third kappa shape index (κ3) is 4.21. The lowest BCUT2D eigenvalue weighted by molar-refractivity contribution is 0.0985. The van der Waals surface area contributed by atoms with Crippen LogP contribution < -0.4 is 9.80 Å². The van der Waals surface area contributed by atoms with E-state index in [4.69, 9.17) is 9.72 Å². The van der Waals surface area contributed by atoms with E-state index in [1.54, 1.807) is 40.5 Å². The lowest BCUT2D eigenvalue weighted by Gasteiger charge is -2.26. The Balaban J connectivity index is 1.59. The number of halogens is 1. The van der Waals surface area contributed by atoms with E-state index >= 15 is 0 Å². The second kappa shape index (κ2) is 8.50. The lowest BCUT2D eigenvalue weighted by atomic mass is 10.1. The summed E-state index contributed by atoms with van der Waals surface area (Å²) in [5, 5.41) is 2.91. The van der Waals surface area contributed by atoms with Crippen molar-refractivity contribution in [1.29, 1.82) is 0 Å². The maximum atomic E-state index is 13.4. The van der Waals surface area contributed by atoms with Gasteiger partial charge in [0.05, 0.1) is 25.5 Å². The SMILES string of the molecule is O=C(c1ccccc1)N(Cc1csc(N2CCOCC2)n1)c1ccc(F)cc1. The Morgan fingerprint density at radius 2 is 1.82 bits per heavy atom. The standard InChI is InChI=1S/C21H20FN3O2S/c22-17-6-8-19(9-7-17)25(20(26)16-4-2-1-3-5-16)14-18-15-28-21(23-18)24-10-12-27-13-11-24/h1-9,15H,10-14H2. The van der Waals surface area contributed by atoms with Gasteiger partial charge in [-0.1, -0.05) is 18.2 Å². The van der Waals surface area contributed by atoms with E-state index in [0.717, 1.165) is 23.9 Å². The van der Waals surface area contributed by atoms with Gasteiger partial charge in [-0.25, -0.2) is 9.37 Å². The van der Waals surface area contributed by atoms with Crippen LogP contribution in [0.3, 0.4) is 0 Å². The topological polar surface area (TPSA) is 45.7 Å². The van der Waals surface area contributed by atoms with Crippen LogP contribution in [0.2, 0.25) is 0 Å². The highest BCUT2D eigenvalue weighted by Crippen LogP contribution is 2.25. The molecule has 28 heavy (non-hydrogen) atoms. The number of hydrogen-bond acceptors (Lipinski definition) is 5. The van der Waals surface area contributed by atoms with Crippen molar-refractivity contribution in [2.24, 2.45) is 0 Å². The summed E-state index contributed by atoms with van der Waals surface area (Å²) in [6, 6.07) is 15.0. The Morgan fingerprint density at radius 3 is 2.54 bits per heavy atom. The summed E-state index contributed by atoms with van der Waals surface area (Å²) >= 11 is 1.56. The molecule has 1 saturated heterocycles. The van der Waals surface area contributed by atoms with Crippen molar-refractivity contribution in [1.82, 2.24) is 4.98 Å². The number of hydrogen-bond donors (Lipinski definition) is 0. The van der Waals surface area contributed by atoms with Crippen LogP contribution in [0, 0.1) is 5.82 Å². The monoisotopic (exact) mass is 397 g/mol. The minimum absolute atomic E-state index is 0.145. The molecule has 1 fully saturated rings. The van der Waals surface area contributed by atoms with E-state index in [0.29, 0.717) is 31.0 Å². The van der Waals surface area contributed by atoms with E-state index in [-0.39, 0.29) is 11.7 Å². The first-order chi connectivity index (χ1) is 13.7. The first kappa shape index (κ1) is 18.6. The molecule has 1 amide bonds. The molecular weight excluding hydrogens is 377 g/mol. The molecule has 2 aromatic carbocycles. The average molecular weight is 397 g/mol. The number of anilines is 2. The number of nitrogens with zero attached hydrogens (tertiary/aromatic N) is 3. The number of ether oxygens (including phenoxy) is 1. The third-order valence-electron chi connectivity index (χ3n) is 4.55. The second-order valence-electron chi connectivity index (χ2n) is 6.45. The van der Waals surface area contributed by atoms with Crippen LogP contribution in [0.4, 0.5) is 15.2 Å². The fourth-order valence-corrected chi connectivity index (χ4v) is 3.94. The molecule has 144 valence electrons. The molecular formula is C21H20FN3O2S. The molecule has 0 saturated carbocycles. The van der Waals surface area contributed by atoms with Crippen molar-refractivity contribution in [2.45, 2.75) is 6.54 Å². The molecule has 4 rings (SSSR count). The minimum Gasteiger partial charge on any atom is -0.378 e. The van der Waals surface area contributed by atoms with Crippen LogP contribution in [0.15, 0.2) is 60.0 Å². The highest BCUT2D eigenvalue weighted by molar-refractivity contribution is 7.13. The van der Waals surface area contributed by atoms with Gasteiger partial charge in [-0.2, -0.15) is 0 Å². The van der Waals surface area contributed by atoms with E-state index < -0.39 is 0 Å². The molecule has 0 N–H and O–H groups in total. The van der Waals surface area contributed by atoms with Crippen molar-refractivity contribution in [2.75, 3.05) is 36.1 Å². The number of morpholine rings is 1. The Morgan fingerprint density at radius 1 is 1.11 bits per heavy atom. The number of aromatic nitrogens is 1. The third-order valence-corrected chi connectivity index (χ3v) is 5.50. The van der Waals surface area contributed by atoms with Gasteiger partial charge in [0.2, 0.25) is 0 Å². The van der Waals surface area contributed by atoms with Gasteiger partial charge in [-0.3, -0.25) is 4.79 Å². The molecule has 5 nitrogen and oxygen atoms in total. The summed E-state index contributed by atoms with van der Waals surface area (Å²) in [6.07, 6.45) is 0. The quantitative estimate of drug-likeness (QED) is 0.654. The van der Waals surface area contributed by atoms with Crippen molar-refractivity contribution < 1.29 is 13.9 Å². The summed E-state index contributed by atoms with van der Waals surface area (Å²) in [5.41, 5.74) is 2.02. The van der Waals surface area contributed by atoms with Crippen LogP contribution in [0.1, 0.15) is 16.1 Å². The summed E-state index contributed by atoms with van der Waals surface area (Å²) in [4.78, 5) is 21.7. The summed E-state index contributed by atoms with van der Waals surface area (Å²) < 4.78 is 18.8. The lowest BCUT2D eigenvalue weighted by Crippen LogP contribution is -2.36. The van der Waals surface area contributed by atoms with E-state index in [9.17, 15) is 9.18 Å². The number of carbonyl (C=O) groups excluding carboxylic acids is 1. The molecule has 7 heteroatoms. The van der Waals surface area contributed by atoms with Gasteiger partial charge in [0.25, 0.3) is 5.91 Å². The largest absolute Gasteiger partial charge is 0.378 e. The Hall–Kier alpha value is -2.77. The second-order valence-corrected chi connectivity index (χ2v) is 7.29. The maximum absolute atomic E-state index is 13.4. The van der Waals surface area contributed by atoms with Crippen molar-refractivity contribution in [3.8, 4) is 0 Å². The van der Waals surface area contributed by atoms with Gasteiger partial charge >= 0.3 is 0 Å². The number of rotatable bonds is 5. The van der Waals surface area contributed by atoms with Crippen molar-refractivity contribution in [3.63, 3.8) is 0 Å². The zero-order chi connectivity index (χ0) is 19.3. The molecule has 1 aliphatic heterocycles. The molecule has 1 aliphatic rings. The van der Waals surface area contributed by atoms with Gasteiger partial charge in [0, 0.05) is 29.7 Å². The smallest absolute Gasteiger partial charge is 0.258 e. The zero-order valence-corrected chi connectivity index (χ0v) is 16.1. The van der Waals surface area contributed by atoms with E-state index in [1.807, 2.05) is 23.6 Å². The summed E-state index contributed by atoms with van der Waals surface area (Å²) in [5.74, 6) is -0.479. The first-order valence-electron chi connectivity index (χ1n) is 9.10. The normalized spacial score (nSPS) is 14.1. The zero-order valence-electron chi connectivity index (χ0n) is 15.3. The molecule has 0 radical (unpaired) electrons. The number of carbonyl (C=O) groups is 1. The van der Waals surface area contributed by atoms with Crippen LogP contribution in [-0.2, 0) is 11.3 Å². The van der Waals surface area contributed by atoms with E-state index in [2.05, 4.69) is 4.90 Å². The van der Waals surface area contributed by atoms with Gasteiger partial charge < -0.3 is 14.5 Å². The maximum Gasteiger partial charge on any atom is 0.258 e. The van der Waals surface area contributed by atoms with Crippen LogP contribution in [0.5, 0.6) is 0 Å². The average Bonchev–Trinajstić information content (AvgIpc) is 3.22. The molecule has 3 aromatic rings. The molecule has 0 bridgehead atoms. The fourth-order valence-electron chi connectivity index (χ4n) is 3.07. The van der Waals surface area contributed by atoms with Gasteiger partial charge in [0.15, 0.2) is 5.13 Å². The molecule has 0 aliphatic carbocycles. The summed E-state index contributed by atoms with van der Waals surface area (Å²) in [7, 11) is 0. The van der Waals surface area contributed by atoms with Gasteiger partial charge in [0.1, 0.15) is 5.82 Å². The van der Waals surface area contributed by atoms with Gasteiger partial charge in [-0.15, -0.1) is 11.3 Å². The van der Waals surface area contributed by atoms with Crippen molar-refractivity contribution >= 4 is 28.1 Å². The fraction of sp³-hybridized carbons (Fsp3) is 0.238. The number of benzene rings is 2. The molecule has 1 aromatic heterocycles. The van der Waals surface area contributed by atoms with Crippen LogP contribution >= 0.6 is 11.3 Å². The minimum atomic E-state index is -0.334. The summed E-state index contributed by atoms with van der Waals surface area (Å²) in [6.45, 7) is 3.35. The highest BCUT2D eigenvalue weighted by Gasteiger charge is 2.21. The molecule has 0 unspecified atom stereocenters.